The van der Waals surface area contributed by atoms with Crippen LogP contribution in [0.4, 0.5) is 0 Å². The molecule has 1 fully saturated rings. The number of hydrogen-bond acceptors (Lipinski definition) is 1. The van der Waals surface area contributed by atoms with Crippen LogP contribution in [0.25, 0.3) is 0 Å². The lowest BCUT2D eigenvalue weighted by molar-refractivity contribution is 1.02. The van der Waals surface area contributed by atoms with E-state index in [2.05, 4.69) is 10.9 Å². The third kappa shape index (κ3) is 1.25. The highest BCUT2D eigenvalue weighted by Crippen LogP contribution is 2.38. The molecule has 0 spiro atoms. The highest BCUT2D eigenvalue weighted by Gasteiger charge is 2.24. The summed E-state index contributed by atoms with van der Waals surface area (Å²) in [6.45, 7) is 0. The zero-order valence-corrected chi connectivity index (χ0v) is 6.25. The third-order valence-corrected chi connectivity index (χ3v) is 1.95. The van der Waals surface area contributed by atoms with Gasteiger partial charge in [-0.25, -0.2) is 0 Å². The molecule has 1 heterocycles. The number of aromatic nitrogens is 1. The Morgan fingerprint density at radius 3 is 2.73 bits per heavy atom. The van der Waals surface area contributed by atoms with Crippen LogP contribution in [0.1, 0.15) is 30.0 Å². The lowest BCUT2D eigenvalue weighted by atomic mass is 10.2. The highest BCUT2D eigenvalue weighted by atomic mass is 14.7. The summed E-state index contributed by atoms with van der Waals surface area (Å²) < 4.78 is 0. The highest BCUT2D eigenvalue weighted by molar-refractivity contribution is 5.31. The van der Waals surface area contributed by atoms with Crippen molar-refractivity contribution in [2.24, 2.45) is 0 Å². The van der Waals surface area contributed by atoms with Gasteiger partial charge in [-0.05, 0) is 25.0 Å². The molecule has 1 aliphatic rings. The Labute approximate surface area is 66.5 Å². The molecular weight excluding hydrogens is 134 g/mol. The summed E-state index contributed by atoms with van der Waals surface area (Å²) in [6.07, 6.45) is 9.56. The summed E-state index contributed by atoms with van der Waals surface area (Å²) in [7, 11) is 0. The van der Waals surface area contributed by atoms with Crippen molar-refractivity contribution in [1.29, 1.82) is 0 Å². The second-order valence-electron chi connectivity index (χ2n) is 2.89. The van der Waals surface area contributed by atoms with E-state index in [1.807, 2.05) is 12.1 Å². The van der Waals surface area contributed by atoms with Crippen molar-refractivity contribution in [1.82, 2.24) is 4.98 Å². The molecule has 0 radical (unpaired) electrons. The van der Waals surface area contributed by atoms with Crippen LogP contribution in [0, 0.1) is 12.3 Å². The molecule has 1 nitrogen and oxygen atoms in total. The van der Waals surface area contributed by atoms with Crippen LogP contribution in [-0.2, 0) is 0 Å². The van der Waals surface area contributed by atoms with Crippen LogP contribution in [-0.4, -0.2) is 4.98 Å². The average molecular weight is 143 g/mol. The molecule has 0 N–H and O–H groups in total. The Hall–Kier alpha value is -1.29. The Morgan fingerprint density at radius 1 is 1.45 bits per heavy atom. The Morgan fingerprint density at radius 2 is 2.27 bits per heavy atom. The van der Waals surface area contributed by atoms with Crippen LogP contribution in [0.15, 0.2) is 18.3 Å². The summed E-state index contributed by atoms with van der Waals surface area (Å²) in [5.41, 5.74) is 2.07. The minimum absolute atomic E-state index is 0.724. The molecule has 54 valence electrons. The Bertz CT molecular complexity index is 288. The molecular formula is C10H9N. The van der Waals surface area contributed by atoms with Crippen LogP contribution in [0.3, 0.4) is 0 Å². The minimum Gasteiger partial charge on any atom is -0.260 e. The van der Waals surface area contributed by atoms with Crippen molar-refractivity contribution in [2.75, 3.05) is 0 Å². The van der Waals surface area contributed by atoms with Gasteiger partial charge in [-0.1, -0.05) is 5.92 Å². The molecule has 0 aromatic carbocycles. The smallest absolute Gasteiger partial charge is 0.0435 e. The first-order valence-electron chi connectivity index (χ1n) is 3.83. The second-order valence-corrected chi connectivity index (χ2v) is 2.89. The van der Waals surface area contributed by atoms with Gasteiger partial charge >= 0.3 is 0 Å². The van der Waals surface area contributed by atoms with Gasteiger partial charge in [0.2, 0.25) is 0 Å². The molecule has 1 heteroatoms. The number of rotatable bonds is 1. The maximum atomic E-state index is 5.20. The molecule has 11 heavy (non-hydrogen) atoms. The lowest BCUT2D eigenvalue weighted by Gasteiger charge is -1.94. The fraction of sp³-hybridized carbons (Fsp3) is 0.300. The number of hydrogen-bond donors (Lipinski definition) is 0. The number of terminal acetylenes is 1. The van der Waals surface area contributed by atoms with Gasteiger partial charge in [0.1, 0.15) is 0 Å². The van der Waals surface area contributed by atoms with E-state index in [9.17, 15) is 0 Å². The van der Waals surface area contributed by atoms with Gasteiger partial charge in [0.25, 0.3) is 0 Å². The van der Waals surface area contributed by atoms with E-state index in [4.69, 9.17) is 6.42 Å². The summed E-state index contributed by atoms with van der Waals surface area (Å²) in [6, 6.07) is 3.99. The predicted molar refractivity (Wildman–Crippen MR) is 44.1 cm³/mol. The summed E-state index contributed by atoms with van der Waals surface area (Å²) in [5.74, 6) is 3.27. The Kier molecular flexibility index (Phi) is 1.40. The molecule has 2 rings (SSSR count). The summed E-state index contributed by atoms with van der Waals surface area (Å²) in [5, 5.41) is 0. The zero-order chi connectivity index (χ0) is 7.68. The number of pyridine rings is 1. The summed E-state index contributed by atoms with van der Waals surface area (Å²) >= 11 is 0. The van der Waals surface area contributed by atoms with Crippen molar-refractivity contribution in [3.8, 4) is 12.3 Å². The molecule has 1 saturated carbocycles. The van der Waals surface area contributed by atoms with E-state index in [1.165, 1.54) is 18.5 Å². The van der Waals surface area contributed by atoms with E-state index >= 15 is 0 Å². The average Bonchev–Trinajstić information content (AvgIpc) is 2.87. The monoisotopic (exact) mass is 143 g/mol. The molecule has 1 aromatic rings. The van der Waals surface area contributed by atoms with Crippen molar-refractivity contribution < 1.29 is 0 Å². The molecule has 0 atom stereocenters. The van der Waals surface area contributed by atoms with E-state index in [-0.39, 0.29) is 0 Å². The topological polar surface area (TPSA) is 12.9 Å². The van der Waals surface area contributed by atoms with Crippen LogP contribution in [0.5, 0.6) is 0 Å². The lowest BCUT2D eigenvalue weighted by Crippen LogP contribution is -1.85. The third-order valence-electron chi connectivity index (χ3n) is 1.95. The predicted octanol–water partition coefficient (Wildman–Crippen LogP) is 1.94. The second kappa shape index (κ2) is 2.39. The molecule has 0 unspecified atom stereocenters. The first-order chi connectivity index (χ1) is 5.40. The molecule has 0 bridgehead atoms. The van der Waals surface area contributed by atoms with Gasteiger partial charge in [-0.2, -0.15) is 0 Å². The van der Waals surface area contributed by atoms with Gasteiger partial charge in [0.15, 0.2) is 0 Å². The standard InChI is InChI=1S/C10H9N/c1-2-8-3-6-10(11-7-8)9-4-5-9/h1,3,6-7,9H,4-5H2. The van der Waals surface area contributed by atoms with Crippen LogP contribution < -0.4 is 0 Å². The number of nitrogens with zero attached hydrogens (tertiary/aromatic N) is 1. The fourth-order valence-corrected chi connectivity index (χ4v) is 1.11. The van der Waals surface area contributed by atoms with Crippen LogP contribution >= 0.6 is 0 Å². The molecule has 0 aliphatic heterocycles. The van der Waals surface area contributed by atoms with Gasteiger partial charge in [-0.15, -0.1) is 6.42 Å². The van der Waals surface area contributed by atoms with Gasteiger partial charge in [0, 0.05) is 23.4 Å². The minimum atomic E-state index is 0.724. The van der Waals surface area contributed by atoms with Gasteiger partial charge in [0.05, 0.1) is 0 Å². The van der Waals surface area contributed by atoms with E-state index in [0.29, 0.717) is 0 Å². The normalized spacial score (nSPS) is 15.9. The maximum absolute atomic E-state index is 5.20. The van der Waals surface area contributed by atoms with Crippen molar-refractivity contribution in [3.63, 3.8) is 0 Å². The molecule has 0 saturated heterocycles. The molecule has 0 amide bonds. The first kappa shape index (κ1) is 6.42. The van der Waals surface area contributed by atoms with Gasteiger partial charge in [-0.3, -0.25) is 4.98 Å². The SMILES string of the molecule is C#Cc1ccc(C2CC2)nc1. The quantitative estimate of drug-likeness (QED) is 0.547. The molecule has 1 aliphatic carbocycles. The summed E-state index contributed by atoms with van der Waals surface area (Å²) in [4.78, 5) is 4.27. The van der Waals surface area contributed by atoms with Crippen LogP contribution in [0.2, 0.25) is 0 Å². The van der Waals surface area contributed by atoms with Crippen molar-refractivity contribution >= 4 is 0 Å². The maximum Gasteiger partial charge on any atom is 0.0435 e. The van der Waals surface area contributed by atoms with Crippen molar-refractivity contribution in [3.05, 3.63) is 29.6 Å². The van der Waals surface area contributed by atoms with E-state index in [0.717, 1.165) is 11.5 Å². The molecule has 1 aromatic heterocycles. The van der Waals surface area contributed by atoms with E-state index in [1.54, 1.807) is 6.20 Å². The Balaban J connectivity index is 2.27. The van der Waals surface area contributed by atoms with Crippen molar-refractivity contribution in [2.45, 2.75) is 18.8 Å². The first-order valence-corrected chi connectivity index (χ1v) is 3.83. The fourth-order valence-electron chi connectivity index (χ4n) is 1.11. The van der Waals surface area contributed by atoms with Gasteiger partial charge < -0.3 is 0 Å². The van der Waals surface area contributed by atoms with E-state index < -0.39 is 0 Å². The largest absolute Gasteiger partial charge is 0.260 e. The zero-order valence-electron chi connectivity index (χ0n) is 6.25.